The first kappa shape index (κ1) is 21.1. The van der Waals surface area contributed by atoms with E-state index in [1.807, 2.05) is 6.08 Å². The van der Waals surface area contributed by atoms with Crippen LogP contribution in [0.3, 0.4) is 0 Å². The van der Waals surface area contributed by atoms with E-state index in [-0.39, 0.29) is 6.61 Å². The Hall–Kier alpha value is -0.930. The van der Waals surface area contributed by atoms with Gasteiger partial charge in [-0.15, -0.1) is 0 Å². The van der Waals surface area contributed by atoms with Crippen molar-refractivity contribution in [3.63, 3.8) is 0 Å². The van der Waals surface area contributed by atoms with Gasteiger partial charge in [-0.05, 0) is 25.3 Å². The monoisotopic (exact) mass is 374 g/mol. The lowest BCUT2D eigenvalue weighted by Gasteiger charge is -2.21. The standard InChI is InChI=1S/C15H22F4O4S/c16-14(9-5-3-6-10-14)8-4-1-2-7-11-22-12-13-23-24(20,21)15(17,18)19/h3,5-6,9H,1-2,4,7-8,10-13H2. The van der Waals surface area contributed by atoms with Crippen molar-refractivity contribution in [2.75, 3.05) is 19.8 Å². The number of rotatable bonds is 11. The molecule has 0 spiro atoms. The van der Waals surface area contributed by atoms with Crippen LogP contribution in [-0.4, -0.2) is 39.4 Å². The number of alkyl halides is 4. The lowest BCUT2D eigenvalue weighted by molar-refractivity contribution is -0.0555. The highest BCUT2D eigenvalue weighted by Gasteiger charge is 2.47. The molecule has 0 aromatic heterocycles. The molecule has 1 aliphatic rings. The highest BCUT2D eigenvalue weighted by Crippen LogP contribution is 2.28. The van der Waals surface area contributed by atoms with Crippen LogP contribution in [0.5, 0.6) is 0 Å². The fourth-order valence-electron chi connectivity index (χ4n) is 2.17. The normalized spacial score (nSPS) is 21.3. The number of hydrogen-bond donors (Lipinski definition) is 0. The maximum Gasteiger partial charge on any atom is 0.523 e. The summed E-state index contributed by atoms with van der Waals surface area (Å²) in [5, 5.41) is 0. The van der Waals surface area contributed by atoms with Crippen LogP contribution in [0.2, 0.25) is 0 Å². The minimum Gasteiger partial charge on any atom is -0.379 e. The SMILES string of the molecule is O=S(=O)(OCCOCCCCCCC1(F)C=CC=CC1)C(F)(F)F. The Morgan fingerprint density at radius 1 is 1.00 bits per heavy atom. The first-order valence-corrected chi connectivity index (χ1v) is 9.14. The van der Waals surface area contributed by atoms with E-state index in [0.717, 1.165) is 19.3 Å². The molecule has 0 aliphatic heterocycles. The van der Waals surface area contributed by atoms with E-state index in [1.54, 1.807) is 18.2 Å². The van der Waals surface area contributed by atoms with Gasteiger partial charge in [0.05, 0.1) is 13.2 Å². The zero-order valence-electron chi connectivity index (χ0n) is 13.2. The first-order valence-electron chi connectivity index (χ1n) is 7.73. The van der Waals surface area contributed by atoms with Crippen molar-refractivity contribution in [2.24, 2.45) is 0 Å². The van der Waals surface area contributed by atoms with Crippen LogP contribution in [0.15, 0.2) is 24.3 Å². The second kappa shape index (κ2) is 9.53. The molecule has 0 aromatic carbocycles. The van der Waals surface area contributed by atoms with Crippen LogP contribution in [-0.2, 0) is 19.0 Å². The summed E-state index contributed by atoms with van der Waals surface area (Å²) >= 11 is 0. The van der Waals surface area contributed by atoms with Crippen LogP contribution in [0, 0.1) is 0 Å². The maximum absolute atomic E-state index is 14.2. The number of unbranched alkanes of at least 4 members (excludes halogenated alkanes) is 3. The lowest BCUT2D eigenvalue weighted by atomic mass is 9.91. The van der Waals surface area contributed by atoms with Crippen molar-refractivity contribution in [1.29, 1.82) is 0 Å². The van der Waals surface area contributed by atoms with Crippen molar-refractivity contribution >= 4 is 10.1 Å². The summed E-state index contributed by atoms with van der Waals surface area (Å²) in [6, 6.07) is 0. The lowest BCUT2D eigenvalue weighted by Crippen LogP contribution is -2.26. The molecule has 4 nitrogen and oxygen atoms in total. The summed E-state index contributed by atoms with van der Waals surface area (Å²) in [5.41, 5.74) is -6.67. The summed E-state index contributed by atoms with van der Waals surface area (Å²) in [4.78, 5) is 0. The van der Waals surface area contributed by atoms with E-state index in [9.17, 15) is 26.0 Å². The third-order valence-corrected chi connectivity index (χ3v) is 4.52. The molecule has 0 heterocycles. The highest BCUT2D eigenvalue weighted by molar-refractivity contribution is 7.87. The Morgan fingerprint density at radius 3 is 2.33 bits per heavy atom. The molecule has 0 amide bonds. The largest absolute Gasteiger partial charge is 0.523 e. The van der Waals surface area contributed by atoms with E-state index in [0.29, 0.717) is 25.9 Å². The number of hydrogen-bond acceptors (Lipinski definition) is 4. The number of ether oxygens (including phenoxy) is 1. The van der Waals surface area contributed by atoms with E-state index < -0.39 is 27.9 Å². The van der Waals surface area contributed by atoms with Gasteiger partial charge in [0.1, 0.15) is 5.67 Å². The van der Waals surface area contributed by atoms with Crippen molar-refractivity contribution in [3.05, 3.63) is 24.3 Å². The van der Waals surface area contributed by atoms with Gasteiger partial charge in [-0.1, -0.05) is 31.1 Å². The van der Waals surface area contributed by atoms with Gasteiger partial charge >= 0.3 is 15.6 Å². The Morgan fingerprint density at radius 2 is 1.71 bits per heavy atom. The minimum absolute atomic E-state index is 0.236. The van der Waals surface area contributed by atoms with Crippen molar-refractivity contribution in [2.45, 2.75) is 49.7 Å². The van der Waals surface area contributed by atoms with Crippen LogP contribution >= 0.6 is 0 Å². The Kier molecular flexibility index (Phi) is 8.38. The van der Waals surface area contributed by atoms with Gasteiger partial charge < -0.3 is 4.74 Å². The van der Waals surface area contributed by atoms with Crippen LogP contribution in [0.25, 0.3) is 0 Å². The Labute approximate surface area is 139 Å². The molecule has 1 unspecified atom stereocenters. The second-order valence-corrected chi connectivity index (χ2v) is 7.13. The first-order chi connectivity index (χ1) is 11.2. The van der Waals surface area contributed by atoms with E-state index in [4.69, 9.17) is 4.74 Å². The molecular formula is C15H22F4O4S. The number of allylic oxidation sites excluding steroid dienone is 4. The average molecular weight is 374 g/mol. The quantitative estimate of drug-likeness (QED) is 0.237. The third-order valence-electron chi connectivity index (χ3n) is 3.48. The maximum atomic E-state index is 14.2. The molecule has 1 rings (SSSR count). The number of halogens is 4. The topological polar surface area (TPSA) is 52.6 Å². The van der Waals surface area contributed by atoms with Gasteiger partial charge in [-0.3, -0.25) is 4.18 Å². The van der Waals surface area contributed by atoms with Crippen LogP contribution < -0.4 is 0 Å². The predicted molar refractivity (Wildman–Crippen MR) is 81.6 cm³/mol. The summed E-state index contributed by atoms with van der Waals surface area (Å²) in [5.74, 6) is 0. The molecule has 24 heavy (non-hydrogen) atoms. The van der Waals surface area contributed by atoms with E-state index >= 15 is 0 Å². The molecule has 9 heteroatoms. The van der Waals surface area contributed by atoms with Crippen LogP contribution in [0.4, 0.5) is 17.6 Å². The second-order valence-electron chi connectivity index (χ2n) is 5.52. The molecular weight excluding hydrogens is 352 g/mol. The molecule has 1 aliphatic carbocycles. The molecule has 0 N–H and O–H groups in total. The molecule has 0 radical (unpaired) electrons. The summed E-state index contributed by atoms with van der Waals surface area (Å²) in [6.45, 7) is -0.620. The zero-order valence-corrected chi connectivity index (χ0v) is 14.0. The van der Waals surface area contributed by atoms with E-state index in [1.165, 1.54) is 0 Å². The molecule has 0 fully saturated rings. The highest BCUT2D eigenvalue weighted by atomic mass is 32.2. The fourth-order valence-corrected chi connectivity index (χ4v) is 2.59. The van der Waals surface area contributed by atoms with Crippen molar-refractivity contribution in [3.8, 4) is 0 Å². The minimum atomic E-state index is -5.54. The molecule has 0 bridgehead atoms. The van der Waals surface area contributed by atoms with Crippen molar-refractivity contribution < 1.29 is 34.9 Å². The van der Waals surface area contributed by atoms with Crippen LogP contribution in [0.1, 0.15) is 38.5 Å². The smallest absolute Gasteiger partial charge is 0.379 e. The molecule has 0 aromatic rings. The van der Waals surface area contributed by atoms with E-state index in [2.05, 4.69) is 4.18 Å². The third kappa shape index (κ3) is 7.76. The molecule has 0 saturated carbocycles. The summed E-state index contributed by atoms with van der Waals surface area (Å²) < 4.78 is 80.0. The Bertz CT molecular complexity index is 528. The van der Waals surface area contributed by atoms with Gasteiger partial charge in [-0.2, -0.15) is 21.6 Å². The van der Waals surface area contributed by atoms with Gasteiger partial charge in [0, 0.05) is 13.0 Å². The fraction of sp³-hybridized carbons (Fsp3) is 0.733. The van der Waals surface area contributed by atoms with Gasteiger partial charge in [0.2, 0.25) is 0 Å². The molecule has 0 saturated heterocycles. The zero-order chi connectivity index (χ0) is 18.1. The average Bonchev–Trinajstić information content (AvgIpc) is 2.48. The van der Waals surface area contributed by atoms with Gasteiger partial charge in [0.25, 0.3) is 0 Å². The molecule has 140 valence electrons. The predicted octanol–water partition coefficient (Wildman–Crippen LogP) is 4.04. The van der Waals surface area contributed by atoms with Gasteiger partial charge in [0.15, 0.2) is 0 Å². The summed E-state index contributed by atoms with van der Waals surface area (Å²) in [6.07, 6.45) is 10.8. The van der Waals surface area contributed by atoms with Crippen molar-refractivity contribution in [1.82, 2.24) is 0 Å². The van der Waals surface area contributed by atoms with Gasteiger partial charge in [-0.25, -0.2) is 4.39 Å². The summed E-state index contributed by atoms with van der Waals surface area (Å²) in [7, 11) is -5.54. The Balaban J connectivity index is 1.96. The molecule has 1 atom stereocenters.